The standard InChI is InChI=1S/C18H22FN3O3/c1-13-10-15(14(2)22(13)8-9-24-3)11-20-21-18(23)12-25-17-7-5-4-6-16(17)19/h4-7,10-11H,8-9,12H2,1-3H3,(H,21,23). The molecule has 0 fully saturated rings. The molecule has 2 aromatic rings. The third-order valence-corrected chi connectivity index (χ3v) is 3.72. The van der Waals surface area contributed by atoms with Crippen LogP contribution in [0, 0.1) is 19.7 Å². The molecule has 1 amide bonds. The molecular weight excluding hydrogens is 325 g/mol. The number of methoxy groups -OCH3 is 1. The smallest absolute Gasteiger partial charge is 0.277 e. The molecule has 1 aromatic carbocycles. The molecule has 0 aliphatic rings. The summed E-state index contributed by atoms with van der Waals surface area (Å²) in [5.41, 5.74) is 5.40. The molecule has 2 rings (SSSR count). The third kappa shape index (κ3) is 5.15. The molecule has 0 saturated heterocycles. The number of para-hydroxylation sites is 1. The topological polar surface area (TPSA) is 64.8 Å². The maximum atomic E-state index is 13.4. The summed E-state index contributed by atoms with van der Waals surface area (Å²) >= 11 is 0. The maximum Gasteiger partial charge on any atom is 0.277 e. The first-order valence-electron chi connectivity index (χ1n) is 7.88. The SMILES string of the molecule is COCCn1c(C)cc(C=NNC(=O)COc2ccccc2F)c1C. The highest BCUT2D eigenvalue weighted by Crippen LogP contribution is 2.15. The summed E-state index contributed by atoms with van der Waals surface area (Å²) in [6.07, 6.45) is 1.58. The Morgan fingerprint density at radius 2 is 2.12 bits per heavy atom. The van der Waals surface area contributed by atoms with Crippen LogP contribution in [0.2, 0.25) is 0 Å². The zero-order chi connectivity index (χ0) is 18.2. The van der Waals surface area contributed by atoms with Crippen molar-refractivity contribution in [3.05, 3.63) is 53.1 Å². The quantitative estimate of drug-likeness (QED) is 0.589. The number of hydrogen-bond acceptors (Lipinski definition) is 4. The Kier molecular flexibility index (Phi) is 6.71. The summed E-state index contributed by atoms with van der Waals surface area (Å²) in [5.74, 6) is -0.946. The minimum Gasteiger partial charge on any atom is -0.481 e. The Morgan fingerprint density at radius 1 is 1.36 bits per heavy atom. The number of aromatic nitrogens is 1. The fourth-order valence-corrected chi connectivity index (χ4v) is 2.40. The van der Waals surface area contributed by atoms with Crippen LogP contribution in [0.4, 0.5) is 4.39 Å². The van der Waals surface area contributed by atoms with Crippen LogP contribution in [0.3, 0.4) is 0 Å². The molecule has 134 valence electrons. The van der Waals surface area contributed by atoms with Gasteiger partial charge in [0.1, 0.15) is 0 Å². The molecule has 0 bridgehead atoms. The summed E-state index contributed by atoms with van der Waals surface area (Å²) < 4.78 is 25.7. The van der Waals surface area contributed by atoms with Crippen molar-refractivity contribution < 1.29 is 18.7 Å². The highest BCUT2D eigenvalue weighted by molar-refractivity contribution is 5.84. The van der Waals surface area contributed by atoms with Gasteiger partial charge in [0.15, 0.2) is 18.2 Å². The Hall–Kier alpha value is -2.67. The fraction of sp³-hybridized carbons (Fsp3) is 0.333. The lowest BCUT2D eigenvalue weighted by molar-refractivity contribution is -0.123. The molecule has 7 heteroatoms. The van der Waals surface area contributed by atoms with Crippen molar-refractivity contribution in [2.75, 3.05) is 20.3 Å². The Balaban J connectivity index is 1.88. The fourth-order valence-electron chi connectivity index (χ4n) is 2.40. The number of carbonyl (C=O) groups excluding carboxylic acids is 1. The number of carbonyl (C=O) groups is 1. The number of hydrazone groups is 1. The van der Waals surface area contributed by atoms with E-state index in [2.05, 4.69) is 15.1 Å². The van der Waals surface area contributed by atoms with Crippen molar-refractivity contribution in [2.24, 2.45) is 5.10 Å². The summed E-state index contributed by atoms with van der Waals surface area (Å²) in [5, 5.41) is 3.93. The second-order valence-electron chi connectivity index (χ2n) is 5.48. The van der Waals surface area contributed by atoms with Crippen molar-refractivity contribution in [3.8, 4) is 5.75 Å². The van der Waals surface area contributed by atoms with E-state index in [1.54, 1.807) is 25.5 Å². The molecule has 0 aliphatic heterocycles. The molecule has 1 aromatic heterocycles. The van der Waals surface area contributed by atoms with E-state index in [0.29, 0.717) is 6.61 Å². The minimum absolute atomic E-state index is 0.0309. The number of halogens is 1. The first-order valence-corrected chi connectivity index (χ1v) is 7.88. The number of benzene rings is 1. The van der Waals surface area contributed by atoms with Crippen LogP contribution in [-0.4, -0.2) is 37.0 Å². The normalized spacial score (nSPS) is 11.0. The first kappa shape index (κ1) is 18.7. The van der Waals surface area contributed by atoms with Gasteiger partial charge in [-0.2, -0.15) is 5.10 Å². The number of nitrogens with zero attached hydrogens (tertiary/aromatic N) is 2. The number of nitrogens with one attached hydrogen (secondary N) is 1. The lowest BCUT2D eigenvalue weighted by Gasteiger charge is -2.08. The predicted molar refractivity (Wildman–Crippen MR) is 93.4 cm³/mol. The van der Waals surface area contributed by atoms with Crippen LogP contribution in [0.5, 0.6) is 5.75 Å². The van der Waals surface area contributed by atoms with E-state index in [9.17, 15) is 9.18 Å². The molecule has 6 nitrogen and oxygen atoms in total. The number of hydrogen-bond donors (Lipinski definition) is 1. The second-order valence-corrected chi connectivity index (χ2v) is 5.48. The molecule has 0 unspecified atom stereocenters. The van der Waals surface area contributed by atoms with Gasteiger partial charge >= 0.3 is 0 Å². The number of aryl methyl sites for hydroxylation is 1. The van der Waals surface area contributed by atoms with Crippen LogP contribution in [0.1, 0.15) is 17.0 Å². The zero-order valence-corrected chi connectivity index (χ0v) is 14.6. The monoisotopic (exact) mass is 347 g/mol. The minimum atomic E-state index is -0.512. The second kappa shape index (κ2) is 8.98. The van der Waals surface area contributed by atoms with Crippen LogP contribution in [0.25, 0.3) is 0 Å². The van der Waals surface area contributed by atoms with Crippen molar-refractivity contribution in [3.63, 3.8) is 0 Å². The van der Waals surface area contributed by atoms with E-state index in [-0.39, 0.29) is 12.4 Å². The summed E-state index contributed by atoms with van der Waals surface area (Å²) in [6, 6.07) is 7.89. The predicted octanol–water partition coefficient (Wildman–Crippen LogP) is 2.42. The Labute approximate surface area is 146 Å². The van der Waals surface area contributed by atoms with E-state index in [0.717, 1.165) is 23.5 Å². The van der Waals surface area contributed by atoms with E-state index in [1.165, 1.54) is 12.1 Å². The van der Waals surface area contributed by atoms with Gasteiger partial charge in [-0.25, -0.2) is 9.82 Å². The molecule has 0 atom stereocenters. The largest absolute Gasteiger partial charge is 0.481 e. The van der Waals surface area contributed by atoms with E-state index >= 15 is 0 Å². The molecule has 0 spiro atoms. The molecular formula is C18H22FN3O3. The first-order chi connectivity index (χ1) is 12.0. The molecule has 25 heavy (non-hydrogen) atoms. The number of ether oxygens (including phenoxy) is 2. The molecule has 0 radical (unpaired) electrons. The van der Waals surface area contributed by atoms with Gasteiger partial charge in [0.2, 0.25) is 0 Å². The van der Waals surface area contributed by atoms with Gasteiger partial charge in [-0.05, 0) is 32.0 Å². The van der Waals surface area contributed by atoms with Crippen LogP contribution >= 0.6 is 0 Å². The van der Waals surface area contributed by atoms with E-state index < -0.39 is 11.7 Å². The van der Waals surface area contributed by atoms with Crippen molar-refractivity contribution in [1.29, 1.82) is 0 Å². The molecule has 1 heterocycles. The molecule has 1 N–H and O–H groups in total. The van der Waals surface area contributed by atoms with Gasteiger partial charge in [0.05, 0.1) is 12.8 Å². The van der Waals surface area contributed by atoms with Gasteiger partial charge in [-0.3, -0.25) is 4.79 Å². The average molecular weight is 347 g/mol. The number of amides is 1. The van der Waals surface area contributed by atoms with Crippen LogP contribution in [0.15, 0.2) is 35.4 Å². The third-order valence-electron chi connectivity index (χ3n) is 3.72. The van der Waals surface area contributed by atoms with Gasteiger partial charge in [0, 0.05) is 30.6 Å². The number of rotatable bonds is 8. The highest BCUT2D eigenvalue weighted by atomic mass is 19.1. The van der Waals surface area contributed by atoms with Crippen LogP contribution in [-0.2, 0) is 16.1 Å². The summed E-state index contributed by atoms with van der Waals surface area (Å²) in [7, 11) is 1.66. The average Bonchev–Trinajstić information content (AvgIpc) is 2.86. The maximum absolute atomic E-state index is 13.4. The van der Waals surface area contributed by atoms with Crippen molar-refractivity contribution in [2.45, 2.75) is 20.4 Å². The van der Waals surface area contributed by atoms with Gasteiger partial charge < -0.3 is 14.0 Å². The van der Waals surface area contributed by atoms with Gasteiger partial charge in [-0.1, -0.05) is 12.1 Å². The van der Waals surface area contributed by atoms with Crippen molar-refractivity contribution in [1.82, 2.24) is 9.99 Å². The van der Waals surface area contributed by atoms with E-state index in [4.69, 9.17) is 9.47 Å². The highest BCUT2D eigenvalue weighted by Gasteiger charge is 2.08. The lowest BCUT2D eigenvalue weighted by atomic mass is 10.3. The molecule has 0 aliphatic carbocycles. The van der Waals surface area contributed by atoms with Gasteiger partial charge in [0.25, 0.3) is 5.91 Å². The van der Waals surface area contributed by atoms with Crippen molar-refractivity contribution >= 4 is 12.1 Å². The Morgan fingerprint density at radius 3 is 2.84 bits per heavy atom. The molecule has 0 saturated carbocycles. The zero-order valence-electron chi connectivity index (χ0n) is 14.6. The van der Waals surface area contributed by atoms with Crippen LogP contribution < -0.4 is 10.2 Å². The van der Waals surface area contributed by atoms with E-state index in [1.807, 2.05) is 19.9 Å². The summed E-state index contributed by atoms with van der Waals surface area (Å²) in [4.78, 5) is 11.7. The van der Waals surface area contributed by atoms with Gasteiger partial charge in [-0.15, -0.1) is 0 Å². The summed E-state index contributed by atoms with van der Waals surface area (Å²) in [6.45, 7) is 5.04. The lowest BCUT2D eigenvalue weighted by Crippen LogP contribution is -2.24. The Bertz CT molecular complexity index is 756.